The molecule has 1 rings (SSSR count). The Bertz CT molecular complexity index is 452. The highest BCUT2D eigenvalue weighted by molar-refractivity contribution is 5.84. The summed E-state index contributed by atoms with van der Waals surface area (Å²) in [7, 11) is 1.63. The predicted molar refractivity (Wildman–Crippen MR) is 85.1 cm³/mol. The molecule has 21 heavy (non-hydrogen) atoms. The number of carbonyl (C=O) groups excluding carboxylic acids is 1. The summed E-state index contributed by atoms with van der Waals surface area (Å²) in [4.78, 5) is 16.4. The van der Waals surface area contributed by atoms with Crippen LogP contribution in [0.15, 0.2) is 29.3 Å². The van der Waals surface area contributed by atoms with Crippen molar-refractivity contribution in [3.63, 3.8) is 0 Å². The highest BCUT2D eigenvalue weighted by atomic mass is 16.5. The summed E-state index contributed by atoms with van der Waals surface area (Å²) in [6.07, 6.45) is 3.61. The van der Waals surface area contributed by atoms with Gasteiger partial charge in [0.15, 0.2) is 0 Å². The van der Waals surface area contributed by atoms with Crippen LogP contribution in [0.3, 0.4) is 0 Å². The van der Waals surface area contributed by atoms with Crippen LogP contribution in [0.5, 0.6) is 5.75 Å². The maximum Gasteiger partial charge on any atom is 0.331 e. The molecule has 0 bridgehead atoms. The summed E-state index contributed by atoms with van der Waals surface area (Å²) < 4.78 is 10.4. The van der Waals surface area contributed by atoms with E-state index in [1.165, 1.54) is 0 Å². The number of benzene rings is 1. The van der Waals surface area contributed by atoms with Crippen LogP contribution in [0, 0.1) is 5.92 Å². The first-order valence-electron chi connectivity index (χ1n) is 7.42. The Morgan fingerprint density at radius 3 is 2.48 bits per heavy atom. The predicted octanol–water partition coefficient (Wildman–Crippen LogP) is 3.48. The molecule has 0 saturated heterocycles. The lowest BCUT2D eigenvalue weighted by Crippen LogP contribution is -2.27. The maximum absolute atomic E-state index is 12.0. The molecule has 0 radical (unpaired) electrons. The number of hydrogen-bond donors (Lipinski definition) is 0. The molecule has 0 fully saturated rings. The molecule has 1 aromatic carbocycles. The summed E-state index contributed by atoms with van der Waals surface area (Å²) in [5, 5.41) is 0. The van der Waals surface area contributed by atoms with Crippen molar-refractivity contribution in [1.82, 2.24) is 0 Å². The lowest BCUT2D eigenvalue weighted by Gasteiger charge is -2.15. The Hall–Kier alpha value is -1.84. The number of methoxy groups -OCH3 is 1. The van der Waals surface area contributed by atoms with Gasteiger partial charge in [-0.15, -0.1) is 0 Å². The first kappa shape index (κ1) is 17.2. The second-order valence-corrected chi connectivity index (χ2v) is 5.26. The molecule has 0 aliphatic rings. The number of rotatable bonds is 8. The third-order valence-electron chi connectivity index (χ3n) is 3.12. The van der Waals surface area contributed by atoms with Gasteiger partial charge in [-0.3, -0.25) is 4.99 Å². The van der Waals surface area contributed by atoms with Crippen molar-refractivity contribution >= 4 is 12.2 Å². The first-order chi connectivity index (χ1) is 10.1. The number of hydrogen-bond acceptors (Lipinski definition) is 4. The van der Waals surface area contributed by atoms with Gasteiger partial charge >= 0.3 is 5.97 Å². The van der Waals surface area contributed by atoms with Gasteiger partial charge < -0.3 is 9.47 Å². The van der Waals surface area contributed by atoms with E-state index < -0.39 is 6.04 Å². The van der Waals surface area contributed by atoms with Crippen LogP contribution in [-0.4, -0.2) is 31.9 Å². The van der Waals surface area contributed by atoms with Gasteiger partial charge in [0.1, 0.15) is 11.8 Å². The van der Waals surface area contributed by atoms with Crippen molar-refractivity contribution < 1.29 is 14.3 Å². The zero-order valence-electron chi connectivity index (χ0n) is 13.3. The first-order valence-corrected chi connectivity index (χ1v) is 7.42. The van der Waals surface area contributed by atoms with Crippen molar-refractivity contribution in [3.8, 4) is 5.75 Å². The number of unbranched alkanes of at least 4 members (excludes halogenated alkanes) is 1. The molecular formula is C17H25NO3. The molecule has 0 aliphatic carbocycles. The van der Waals surface area contributed by atoms with E-state index in [4.69, 9.17) is 9.47 Å². The zero-order valence-corrected chi connectivity index (χ0v) is 13.3. The van der Waals surface area contributed by atoms with Gasteiger partial charge in [-0.1, -0.05) is 27.2 Å². The minimum Gasteiger partial charge on any atom is -0.497 e. The molecular weight excluding hydrogens is 266 g/mol. The van der Waals surface area contributed by atoms with E-state index >= 15 is 0 Å². The second kappa shape index (κ2) is 9.16. The Kier molecular flexibility index (Phi) is 7.51. The van der Waals surface area contributed by atoms with E-state index in [1.54, 1.807) is 13.3 Å². The molecule has 0 saturated carbocycles. The van der Waals surface area contributed by atoms with E-state index in [9.17, 15) is 4.79 Å². The van der Waals surface area contributed by atoms with Crippen molar-refractivity contribution in [3.05, 3.63) is 29.8 Å². The van der Waals surface area contributed by atoms with Gasteiger partial charge in [0.2, 0.25) is 0 Å². The SMILES string of the molecule is CCCCOC(=O)[C@@H](/N=C/c1ccc(OC)cc1)C(C)C. The molecule has 4 nitrogen and oxygen atoms in total. The van der Waals surface area contributed by atoms with E-state index in [0.29, 0.717) is 6.61 Å². The van der Waals surface area contributed by atoms with Crippen molar-refractivity contribution in [2.45, 2.75) is 39.7 Å². The molecule has 1 atom stereocenters. The lowest BCUT2D eigenvalue weighted by atomic mass is 10.1. The number of nitrogens with zero attached hydrogens (tertiary/aromatic N) is 1. The number of esters is 1. The van der Waals surface area contributed by atoms with Gasteiger partial charge in [-0.05, 0) is 42.2 Å². The fourth-order valence-electron chi connectivity index (χ4n) is 1.76. The Balaban J connectivity index is 2.67. The van der Waals surface area contributed by atoms with Crippen LogP contribution in [0.25, 0.3) is 0 Å². The lowest BCUT2D eigenvalue weighted by molar-refractivity contribution is -0.146. The third kappa shape index (κ3) is 5.98. The van der Waals surface area contributed by atoms with Crippen LogP contribution < -0.4 is 4.74 Å². The molecule has 0 heterocycles. The fourth-order valence-corrected chi connectivity index (χ4v) is 1.76. The van der Waals surface area contributed by atoms with Crippen LogP contribution in [-0.2, 0) is 9.53 Å². The normalized spacial score (nSPS) is 12.6. The van der Waals surface area contributed by atoms with Gasteiger partial charge in [0, 0.05) is 6.21 Å². The largest absolute Gasteiger partial charge is 0.497 e. The van der Waals surface area contributed by atoms with Crippen LogP contribution in [0.4, 0.5) is 0 Å². The summed E-state index contributed by atoms with van der Waals surface area (Å²) >= 11 is 0. The van der Waals surface area contributed by atoms with Gasteiger partial charge in [0.05, 0.1) is 13.7 Å². The Morgan fingerprint density at radius 2 is 1.95 bits per heavy atom. The van der Waals surface area contributed by atoms with E-state index in [0.717, 1.165) is 24.2 Å². The quantitative estimate of drug-likeness (QED) is 0.418. The summed E-state index contributed by atoms with van der Waals surface area (Å²) in [5.41, 5.74) is 0.933. The average Bonchev–Trinajstić information content (AvgIpc) is 2.48. The van der Waals surface area contributed by atoms with Gasteiger partial charge in [-0.2, -0.15) is 0 Å². The zero-order chi connectivity index (χ0) is 15.7. The molecule has 0 aliphatic heterocycles. The molecule has 4 heteroatoms. The van der Waals surface area contributed by atoms with Gasteiger partial charge in [0.25, 0.3) is 0 Å². The number of carbonyl (C=O) groups is 1. The third-order valence-corrected chi connectivity index (χ3v) is 3.12. The molecule has 0 N–H and O–H groups in total. The standard InChI is InChI=1S/C17H25NO3/c1-5-6-11-21-17(19)16(13(2)3)18-12-14-7-9-15(20-4)10-8-14/h7-10,12-13,16H,5-6,11H2,1-4H3/b18-12+/t16-/m0/s1. The van der Waals surface area contributed by atoms with Crippen LogP contribution in [0.2, 0.25) is 0 Å². The number of aliphatic imine (C=N–C) groups is 1. The minimum atomic E-state index is -0.455. The van der Waals surface area contributed by atoms with E-state index in [1.807, 2.05) is 38.1 Å². The topological polar surface area (TPSA) is 47.9 Å². The van der Waals surface area contributed by atoms with Crippen molar-refractivity contribution in [1.29, 1.82) is 0 Å². The Labute approximate surface area is 127 Å². The van der Waals surface area contributed by atoms with Crippen molar-refractivity contribution in [2.24, 2.45) is 10.9 Å². The highest BCUT2D eigenvalue weighted by Crippen LogP contribution is 2.12. The summed E-state index contributed by atoms with van der Waals surface area (Å²) in [6, 6.07) is 7.09. The summed E-state index contributed by atoms with van der Waals surface area (Å²) in [6.45, 7) is 6.47. The van der Waals surface area contributed by atoms with E-state index in [-0.39, 0.29) is 11.9 Å². The highest BCUT2D eigenvalue weighted by Gasteiger charge is 2.22. The monoisotopic (exact) mass is 291 g/mol. The Morgan fingerprint density at radius 1 is 1.29 bits per heavy atom. The molecule has 0 amide bonds. The fraction of sp³-hybridized carbons (Fsp3) is 0.529. The average molecular weight is 291 g/mol. The van der Waals surface area contributed by atoms with Crippen LogP contribution >= 0.6 is 0 Å². The number of ether oxygens (including phenoxy) is 2. The van der Waals surface area contributed by atoms with Crippen LogP contribution in [0.1, 0.15) is 39.2 Å². The minimum absolute atomic E-state index is 0.105. The van der Waals surface area contributed by atoms with E-state index in [2.05, 4.69) is 11.9 Å². The molecule has 0 spiro atoms. The van der Waals surface area contributed by atoms with Crippen molar-refractivity contribution in [2.75, 3.05) is 13.7 Å². The molecule has 0 aromatic heterocycles. The van der Waals surface area contributed by atoms with Gasteiger partial charge in [-0.25, -0.2) is 4.79 Å². The second-order valence-electron chi connectivity index (χ2n) is 5.26. The summed E-state index contributed by atoms with van der Waals surface area (Å²) in [5.74, 6) is 0.656. The maximum atomic E-state index is 12.0. The molecule has 1 aromatic rings. The smallest absolute Gasteiger partial charge is 0.331 e. The molecule has 0 unspecified atom stereocenters. The molecule has 116 valence electrons.